The van der Waals surface area contributed by atoms with Gasteiger partial charge < -0.3 is 0 Å². The molecule has 0 aliphatic heterocycles. The van der Waals surface area contributed by atoms with E-state index in [9.17, 15) is 8.78 Å². The van der Waals surface area contributed by atoms with Crippen LogP contribution in [-0.4, -0.2) is 10.8 Å². The molecular weight excluding hydrogens is 205 g/mol. The fourth-order valence-electron chi connectivity index (χ4n) is 1.67. The predicted octanol–water partition coefficient (Wildman–Crippen LogP) is 4.01. The lowest BCUT2D eigenvalue weighted by molar-refractivity contribution is -0.0581. The molecule has 1 fully saturated rings. The molecule has 1 aliphatic carbocycles. The Morgan fingerprint density at radius 3 is 2.00 bits per heavy atom. The molecule has 0 atom stereocenters. The standard InChI is InChI=1S/C8H12Cl2F2/c9-7(10)8(11,12)6-4-2-1-3-5-6/h6-7H,1-5H2. The van der Waals surface area contributed by atoms with Gasteiger partial charge in [-0.15, -0.1) is 0 Å². The summed E-state index contributed by atoms with van der Waals surface area (Å²) in [7, 11) is 0. The average Bonchev–Trinajstić information content (AvgIpc) is 2.06. The third kappa shape index (κ3) is 2.23. The summed E-state index contributed by atoms with van der Waals surface area (Å²) in [6.07, 6.45) is 3.93. The lowest BCUT2D eigenvalue weighted by Gasteiger charge is -2.30. The average molecular weight is 217 g/mol. The first-order valence-corrected chi connectivity index (χ1v) is 5.08. The van der Waals surface area contributed by atoms with Crippen molar-refractivity contribution < 1.29 is 8.78 Å². The van der Waals surface area contributed by atoms with Gasteiger partial charge in [-0.3, -0.25) is 0 Å². The monoisotopic (exact) mass is 216 g/mol. The minimum atomic E-state index is -2.90. The molecular formula is C8H12Cl2F2. The van der Waals surface area contributed by atoms with E-state index in [0.29, 0.717) is 12.8 Å². The van der Waals surface area contributed by atoms with Gasteiger partial charge >= 0.3 is 0 Å². The van der Waals surface area contributed by atoms with E-state index in [1.807, 2.05) is 0 Å². The summed E-state index contributed by atoms with van der Waals surface area (Å²) in [4.78, 5) is -1.56. The maximum atomic E-state index is 13.2. The molecule has 0 unspecified atom stereocenters. The molecule has 0 saturated heterocycles. The first kappa shape index (κ1) is 10.5. The quantitative estimate of drug-likeness (QED) is 0.613. The van der Waals surface area contributed by atoms with Gasteiger partial charge in [0, 0.05) is 5.92 Å². The maximum Gasteiger partial charge on any atom is 0.280 e. The molecule has 0 N–H and O–H groups in total. The summed E-state index contributed by atoms with van der Waals surface area (Å²) in [5, 5.41) is 0. The van der Waals surface area contributed by atoms with Crippen LogP contribution < -0.4 is 0 Å². The molecule has 72 valence electrons. The van der Waals surface area contributed by atoms with Crippen LogP contribution in [0.2, 0.25) is 0 Å². The Labute approximate surface area is 81.2 Å². The Kier molecular flexibility index (Phi) is 3.59. The molecule has 0 amide bonds. The minimum absolute atomic E-state index is 0.558. The fourth-order valence-corrected chi connectivity index (χ4v) is 2.02. The third-order valence-electron chi connectivity index (χ3n) is 2.44. The van der Waals surface area contributed by atoms with E-state index in [1.165, 1.54) is 0 Å². The summed E-state index contributed by atoms with van der Waals surface area (Å²) in [6, 6.07) is 0. The van der Waals surface area contributed by atoms with E-state index in [0.717, 1.165) is 19.3 Å². The van der Waals surface area contributed by atoms with E-state index < -0.39 is 16.7 Å². The van der Waals surface area contributed by atoms with Crippen molar-refractivity contribution in [3.05, 3.63) is 0 Å². The normalized spacial score (nSPS) is 21.8. The summed E-state index contributed by atoms with van der Waals surface area (Å²) < 4.78 is 26.3. The SMILES string of the molecule is FC(F)(C(Cl)Cl)C1CCCCC1. The lowest BCUT2D eigenvalue weighted by atomic mass is 9.85. The van der Waals surface area contributed by atoms with Crippen LogP contribution in [0, 0.1) is 5.92 Å². The first-order valence-electron chi connectivity index (χ1n) is 4.21. The number of rotatable bonds is 2. The van der Waals surface area contributed by atoms with Gasteiger partial charge in [-0.1, -0.05) is 42.5 Å². The van der Waals surface area contributed by atoms with Crippen molar-refractivity contribution in [2.45, 2.75) is 42.9 Å². The van der Waals surface area contributed by atoms with Crippen LogP contribution >= 0.6 is 23.2 Å². The van der Waals surface area contributed by atoms with Crippen molar-refractivity contribution in [1.82, 2.24) is 0 Å². The van der Waals surface area contributed by atoms with Crippen molar-refractivity contribution in [2.75, 3.05) is 0 Å². The molecule has 0 nitrogen and oxygen atoms in total. The Hall–Kier alpha value is 0.440. The largest absolute Gasteiger partial charge is 0.280 e. The molecule has 1 aliphatic rings. The van der Waals surface area contributed by atoms with Crippen molar-refractivity contribution >= 4 is 23.2 Å². The van der Waals surface area contributed by atoms with E-state index in [1.54, 1.807) is 0 Å². The van der Waals surface area contributed by atoms with E-state index in [-0.39, 0.29) is 0 Å². The van der Waals surface area contributed by atoms with Gasteiger partial charge in [0.1, 0.15) is 0 Å². The van der Waals surface area contributed by atoms with Crippen LogP contribution in [0.4, 0.5) is 8.78 Å². The maximum absolute atomic E-state index is 13.2. The molecule has 1 saturated carbocycles. The van der Waals surface area contributed by atoms with Crippen LogP contribution in [0.15, 0.2) is 0 Å². The second-order valence-electron chi connectivity index (χ2n) is 3.31. The van der Waals surface area contributed by atoms with Gasteiger partial charge in [-0.25, -0.2) is 8.78 Å². The number of halogens is 4. The van der Waals surface area contributed by atoms with Crippen LogP contribution in [0.3, 0.4) is 0 Å². The van der Waals surface area contributed by atoms with E-state index in [4.69, 9.17) is 23.2 Å². The highest BCUT2D eigenvalue weighted by molar-refractivity contribution is 6.45. The Balaban J connectivity index is 2.53. The zero-order chi connectivity index (χ0) is 9.19. The summed E-state index contributed by atoms with van der Waals surface area (Å²) in [6.45, 7) is 0. The van der Waals surface area contributed by atoms with Crippen molar-refractivity contribution in [3.8, 4) is 0 Å². The molecule has 12 heavy (non-hydrogen) atoms. The zero-order valence-electron chi connectivity index (χ0n) is 6.70. The Morgan fingerprint density at radius 1 is 1.08 bits per heavy atom. The van der Waals surface area contributed by atoms with Crippen LogP contribution in [0.1, 0.15) is 32.1 Å². The molecule has 0 radical (unpaired) electrons. The van der Waals surface area contributed by atoms with Gasteiger partial charge in [0.15, 0.2) is 4.84 Å². The van der Waals surface area contributed by atoms with Crippen molar-refractivity contribution in [3.63, 3.8) is 0 Å². The van der Waals surface area contributed by atoms with Crippen molar-refractivity contribution in [1.29, 1.82) is 0 Å². The third-order valence-corrected chi connectivity index (χ3v) is 3.02. The first-order chi connectivity index (χ1) is 5.55. The Morgan fingerprint density at radius 2 is 1.58 bits per heavy atom. The van der Waals surface area contributed by atoms with E-state index >= 15 is 0 Å². The van der Waals surface area contributed by atoms with Gasteiger partial charge in [0.2, 0.25) is 0 Å². The second-order valence-corrected chi connectivity index (χ2v) is 4.41. The molecule has 0 spiro atoms. The molecule has 0 heterocycles. The van der Waals surface area contributed by atoms with Crippen LogP contribution in [0.5, 0.6) is 0 Å². The van der Waals surface area contributed by atoms with Gasteiger partial charge in [-0.2, -0.15) is 0 Å². The summed E-state index contributed by atoms with van der Waals surface area (Å²) in [5.74, 6) is -3.50. The van der Waals surface area contributed by atoms with Gasteiger partial charge in [0.05, 0.1) is 0 Å². The van der Waals surface area contributed by atoms with Crippen LogP contribution in [-0.2, 0) is 0 Å². The highest BCUT2D eigenvalue weighted by atomic mass is 35.5. The number of alkyl halides is 4. The molecule has 0 bridgehead atoms. The molecule has 0 aromatic carbocycles. The highest BCUT2D eigenvalue weighted by Crippen LogP contribution is 2.41. The molecule has 1 rings (SSSR count). The van der Waals surface area contributed by atoms with Gasteiger partial charge in [0.25, 0.3) is 5.92 Å². The highest BCUT2D eigenvalue weighted by Gasteiger charge is 2.45. The molecule has 4 heteroatoms. The lowest BCUT2D eigenvalue weighted by Crippen LogP contribution is -2.36. The minimum Gasteiger partial charge on any atom is -0.203 e. The van der Waals surface area contributed by atoms with E-state index in [2.05, 4.69) is 0 Å². The second kappa shape index (κ2) is 4.10. The summed E-state index contributed by atoms with van der Waals surface area (Å²) in [5.41, 5.74) is 0. The molecule has 0 aromatic rings. The zero-order valence-corrected chi connectivity index (χ0v) is 8.21. The fraction of sp³-hybridized carbons (Fsp3) is 1.00. The van der Waals surface area contributed by atoms with Crippen molar-refractivity contribution in [2.24, 2.45) is 5.92 Å². The topological polar surface area (TPSA) is 0 Å². The molecule has 0 aromatic heterocycles. The van der Waals surface area contributed by atoms with Crippen LogP contribution in [0.25, 0.3) is 0 Å². The number of hydrogen-bond donors (Lipinski definition) is 0. The predicted molar refractivity (Wildman–Crippen MR) is 47.0 cm³/mol. The summed E-state index contributed by atoms with van der Waals surface area (Å²) >= 11 is 10.4. The smallest absolute Gasteiger partial charge is 0.203 e. The Bertz CT molecular complexity index is 142. The number of hydrogen-bond acceptors (Lipinski definition) is 0. The van der Waals surface area contributed by atoms with Gasteiger partial charge in [-0.05, 0) is 12.8 Å².